The van der Waals surface area contributed by atoms with Crippen molar-refractivity contribution in [2.45, 2.75) is 12.4 Å². The minimum atomic E-state index is -4.61. The molecule has 0 aliphatic heterocycles. The van der Waals surface area contributed by atoms with Gasteiger partial charge >= 0.3 is 12.4 Å². The van der Waals surface area contributed by atoms with Crippen molar-refractivity contribution in [1.29, 1.82) is 0 Å². The van der Waals surface area contributed by atoms with Crippen LogP contribution in [0.4, 0.5) is 26.3 Å². The summed E-state index contributed by atoms with van der Waals surface area (Å²) >= 11 is 0. The smallest absolute Gasteiger partial charge is 0.309 e. The molecule has 8 aromatic carbocycles. The lowest BCUT2D eigenvalue weighted by Gasteiger charge is -2.22. The molecular weight excluding hydrogens is 665 g/mol. The van der Waals surface area contributed by atoms with E-state index in [2.05, 4.69) is 48.5 Å². The molecule has 0 unspecified atom stereocenters. The summed E-state index contributed by atoms with van der Waals surface area (Å²) in [6.07, 6.45) is -9.22. The molecule has 8 heteroatoms. The molecule has 0 amide bonds. The Bertz CT molecular complexity index is 2560. The van der Waals surface area contributed by atoms with Crippen LogP contribution < -0.4 is 15.9 Å². The fraction of sp³-hybridized carbons (Fsp3) is 0.0476. The monoisotopic (exact) mass is 690 g/mol. The second-order valence-electron chi connectivity index (χ2n) is 12.3. The fourth-order valence-electron chi connectivity index (χ4n) is 6.93. The first kappa shape index (κ1) is 31.9. The SMILES string of the molecule is O=P(c1ccc(-c2cc3c(ccc4c5ccccc5ccc43)c3ccccc23)cc1)(c1ccc(C(F)(F)F)cc1)c1ccc(C(F)(F)F)cc1. The molecule has 0 N–H and O–H groups in total. The molecule has 0 atom stereocenters. The Balaban J connectivity index is 1.30. The van der Waals surface area contributed by atoms with Gasteiger partial charge in [-0.15, -0.1) is 0 Å². The Hall–Kier alpha value is -5.39. The first-order valence-corrected chi connectivity index (χ1v) is 17.5. The molecule has 246 valence electrons. The van der Waals surface area contributed by atoms with Crippen molar-refractivity contribution >= 4 is 66.1 Å². The predicted molar refractivity (Wildman–Crippen MR) is 191 cm³/mol. The van der Waals surface area contributed by atoms with Crippen LogP contribution in [0.3, 0.4) is 0 Å². The maximum atomic E-state index is 15.1. The van der Waals surface area contributed by atoms with Gasteiger partial charge in [0, 0.05) is 15.9 Å². The summed E-state index contributed by atoms with van der Waals surface area (Å²) in [5, 5.41) is 9.16. The fourth-order valence-corrected chi connectivity index (χ4v) is 9.54. The molecule has 0 aliphatic rings. The van der Waals surface area contributed by atoms with E-state index in [4.69, 9.17) is 0 Å². The maximum absolute atomic E-state index is 15.1. The molecule has 1 nitrogen and oxygen atoms in total. The highest BCUT2D eigenvalue weighted by Crippen LogP contribution is 2.45. The largest absolute Gasteiger partial charge is 0.416 e. The number of hydrogen-bond donors (Lipinski definition) is 0. The third kappa shape index (κ3) is 5.24. The van der Waals surface area contributed by atoms with Crippen molar-refractivity contribution in [2.24, 2.45) is 0 Å². The Labute approximate surface area is 282 Å². The standard InChI is InChI=1S/C42H25F6OP/c43-41(44,45)28-12-18-31(19-13-28)50(49,32-20-14-29(15-21-32)42(46,47)48)30-16-9-27(10-17-30)39-25-40-37-22-11-26-5-1-2-6-33(26)36(37)23-24-38(40)34-7-3-4-8-35(34)39/h1-25H. The summed E-state index contributed by atoms with van der Waals surface area (Å²) in [6.45, 7) is 0. The Morgan fingerprint density at radius 3 is 1.30 bits per heavy atom. The lowest BCUT2D eigenvalue weighted by Crippen LogP contribution is -2.25. The minimum absolute atomic E-state index is 0.0767. The predicted octanol–water partition coefficient (Wildman–Crippen LogP) is 11.6. The van der Waals surface area contributed by atoms with Crippen molar-refractivity contribution in [3.8, 4) is 11.1 Å². The quantitative estimate of drug-likeness (QED) is 0.102. The number of halogens is 6. The van der Waals surface area contributed by atoms with Gasteiger partial charge < -0.3 is 4.57 Å². The van der Waals surface area contributed by atoms with Crippen molar-refractivity contribution in [2.75, 3.05) is 0 Å². The molecule has 0 radical (unpaired) electrons. The van der Waals surface area contributed by atoms with Crippen LogP contribution >= 0.6 is 7.14 Å². The summed E-state index contributed by atoms with van der Waals surface area (Å²) in [7, 11) is -3.91. The Morgan fingerprint density at radius 2 is 0.780 bits per heavy atom. The number of rotatable bonds is 4. The molecule has 0 saturated heterocycles. The third-order valence-corrected chi connectivity index (χ3v) is 12.5. The van der Waals surface area contributed by atoms with E-state index >= 15 is 4.57 Å². The van der Waals surface area contributed by atoms with Gasteiger partial charge in [-0.05, 0) is 84.5 Å². The highest BCUT2D eigenvalue weighted by Gasteiger charge is 2.35. The molecular formula is C42H25F6OP. The molecule has 0 aliphatic carbocycles. The van der Waals surface area contributed by atoms with E-state index < -0.39 is 30.6 Å². The molecule has 8 aromatic rings. The number of fused-ring (bicyclic) bond motifs is 7. The summed E-state index contributed by atoms with van der Waals surface area (Å²) in [4.78, 5) is 0. The molecule has 0 aromatic heterocycles. The van der Waals surface area contributed by atoms with Gasteiger partial charge in [0.2, 0.25) is 0 Å². The summed E-state index contributed by atoms with van der Waals surface area (Å²) in [5.74, 6) is 0. The molecule has 0 heterocycles. The van der Waals surface area contributed by atoms with Gasteiger partial charge in [-0.2, -0.15) is 26.3 Å². The van der Waals surface area contributed by atoms with Gasteiger partial charge in [0.15, 0.2) is 7.14 Å². The van der Waals surface area contributed by atoms with Gasteiger partial charge in [-0.1, -0.05) is 121 Å². The van der Waals surface area contributed by atoms with Gasteiger partial charge in [0.05, 0.1) is 11.1 Å². The van der Waals surface area contributed by atoms with Crippen molar-refractivity contribution in [3.05, 3.63) is 163 Å². The maximum Gasteiger partial charge on any atom is 0.416 e. The lowest BCUT2D eigenvalue weighted by atomic mass is 9.90. The number of hydrogen-bond acceptors (Lipinski definition) is 1. The van der Waals surface area contributed by atoms with Gasteiger partial charge in [0.25, 0.3) is 0 Å². The van der Waals surface area contributed by atoms with E-state index in [1.807, 2.05) is 42.5 Å². The van der Waals surface area contributed by atoms with E-state index in [1.165, 1.54) is 0 Å². The highest BCUT2D eigenvalue weighted by atomic mass is 31.2. The van der Waals surface area contributed by atoms with Crippen LogP contribution in [0, 0.1) is 0 Å². The van der Waals surface area contributed by atoms with Crippen LogP contribution in [-0.2, 0) is 16.9 Å². The molecule has 8 rings (SSSR count). The number of alkyl halides is 6. The summed E-state index contributed by atoms with van der Waals surface area (Å²) in [6, 6.07) is 41.8. The molecule has 0 saturated carbocycles. The van der Waals surface area contributed by atoms with E-state index in [9.17, 15) is 26.3 Å². The van der Waals surface area contributed by atoms with Gasteiger partial charge in [-0.25, -0.2) is 0 Å². The first-order chi connectivity index (χ1) is 23.9. The normalized spacial score (nSPS) is 12.7. The molecule has 50 heavy (non-hydrogen) atoms. The zero-order chi connectivity index (χ0) is 34.8. The number of benzene rings is 8. The average molecular weight is 691 g/mol. The van der Waals surface area contributed by atoms with Crippen molar-refractivity contribution in [3.63, 3.8) is 0 Å². The topological polar surface area (TPSA) is 17.1 Å². The van der Waals surface area contributed by atoms with E-state index in [-0.39, 0.29) is 15.9 Å². The zero-order valence-electron chi connectivity index (χ0n) is 26.1. The highest BCUT2D eigenvalue weighted by molar-refractivity contribution is 7.85. The van der Waals surface area contributed by atoms with E-state index in [0.29, 0.717) is 0 Å². The van der Waals surface area contributed by atoms with Crippen LogP contribution in [0.15, 0.2) is 152 Å². The van der Waals surface area contributed by atoms with E-state index in [1.54, 1.807) is 12.1 Å². The summed E-state index contributed by atoms with van der Waals surface area (Å²) in [5.41, 5.74) is -0.0891. The van der Waals surface area contributed by atoms with Crippen molar-refractivity contribution in [1.82, 2.24) is 0 Å². The third-order valence-electron chi connectivity index (χ3n) is 9.42. The van der Waals surface area contributed by atoms with Gasteiger partial charge in [-0.3, -0.25) is 0 Å². The van der Waals surface area contributed by atoms with Crippen LogP contribution in [0.1, 0.15) is 11.1 Å². The second kappa shape index (κ2) is 11.6. The zero-order valence-corrected chi connectivity index (χ0v) is 27.0. The molecule has 0 fully saturated rings. The Morgan fingerprint density at radius 1 is 0.380 bits per heavy atom. The van der Waals surface area contributed by atoms with Crippen LogP contribution in [-0.4, -0.2) is 0 Å². The Kier molecular flexibility index (Phi) is 7.39. The molecule has 0 bridgehead atoms. The lowest BCUT2D eigenvalue weighted by molar-refractivity contribution is -0.138. The average Bonchev–Trinajstić information content (AvgIpc) is 3.13. The second-order valence-corrected chi connectivity index (χ2v) is 15.0. The van der Waals surface area contributed by atoms with Crippen LogP contribution in [0.5, 0.6) is 0 Å². The molecule has 0 spiro atoms. The first-order valence-electron chi connectivity index (χ1n) is 15.8. The summed E-state index contributed by atoms with van der Waals surface area (Å²) < 4.78 is 95.5. The van der Waals surface area contributed by atoms with E-state index in [0.717, 1.165) is 103 Å². The minimum Gasteiger partial charge on any atom is -0.309 e. The van der Waals surface area contributed by atoms with Gasteiger partial charge in [0.1, 0.15) is 0 Å². The van der Waals surface area contributed by atoms with Crippen LogP contribution in [0.2, 0.25) is 0 Å². The van der Waals surface area contributed by atoms with Crippen molar-refractivity contribution < 1.29 is 30.9 Å². The van der Waals surface area contributed by atoms with Crippen LogP contribution in [0.25, 0.3) is 54.2 Å².